The van der Waals surface area contributed by atoms with Crippen molar-refractivity contribution in [2.75, 3.05) is 52.7 Å². The zero-order chi connectivity index (χ0) is 40.7. The van der Waals surface area contributed by atoms with Gasteiger partial charge in [-0.2, -0.15) is 0 Å². The number of unbranched alkanes of at least 4 members (excludes halogenated alkanes) is 2. The van der Waals surface area contributed by atoms with Gasteiger partial charge in [-0.3, -0.25) is 23.7 Å². The van der Waals surface area contributed by atoms with E-state index in [4.69, 9.17) is 9.47 Å². The first-order valence-corrected chi connectivity index (χ1v) is 21.3. The maximum absolute atomic E-state index is 12.9. The van der Waals surface area contributed by atoms with Crippen LogP contribution in [0, 0.1) is 0 Å². The van der Waals surface area contributed by atoms with E-state index in [1.54, 1.807) is 0 Å². The maximum atomic E-state index is 12.9. The van der Waals surface area contributed by atoms with Crippen LogP contribution in [0.4, 0.5) is 0 Å². The topological polar surface area (TPSA) is 278 Å². The van der Waals surface area contributed by atoms with Crippen LogP contribution < -0.4 is 0 Å². The molecule has 0 amide bonds. The first kappa shape index (κ1) is 47.8. The number of phenols is 2. The molecule has 4 atom stereocenters. The Morgan fingerprint density at radius 3 is 1.80 bits per heavy atom. The highest BCUT2D eigenvalue weighted by atomic mass is 31.2. The Bertz CT molecular complexity index is 1550. The normalized spacial score (nSPS) is 15.4. The lowest BCUT2D eigenvalue weighted by Gasteiger charge is -2.54. The van der Waals surface area contributed by atoms with Gasteiger partial charge in [-0.25, -0.2) is 0 Å². The first-order chi connectivity index (χ1) is 25.4. The third kappa shape index (κ3) is 13.7. The van der Waals surface area contributed by atoms with Crippen molar-refractivity contribution in [2.45, 2.75) is 89.3 Å². The van der Waals surface area contributed by atoms with E-state index in [1.165, 1.54) is 62.3 Å². The molecule has 0 aliphatic heterocycles. The summed E-state index contributed by atoms with van der Waals surface area (Å²) in [4.78, 5) is 56.4. The number of rotatable bonds is 27. The Morgan fingerprint density at radius 1 is 0.759 bits per heavy atom. The van der Waals surface area contributed by atoms with Crippen LogP contribution in [0.3, 0.4) is 0 Å². The summed E-state index contributed by atoms with van der Waals surface area (Å²) < 4.78 is 35.9. The zero-order valence-electron chi connectivity index (χ0n) is 31.1. The molecular formula is C35H58N2O15P2. The van der Waals surface area contributed by atoms with Gasteiger partial charge in [-0.1, -0.05) is 49.2 Å². The van der Waals surface area contributed by atoms with Gasteiger partial charge >= 0.3 is 15.2 Å². The van der Waals surface area contributed by atoms with Crippen LogP contribution in [0.25, 0.3) is 0 Å². The number of hydrogen-bond donors (Lipinski definition) is 10. The molecule has 0 radical (unpaired) electrons. The second-order valence-corrected chi connectivity index (χ2v) is 16.6. The molecule has 2 aromatic carbocycles. The molecule has 17 nitrogen and oxygen atoms in total. The molecule has 0 fully saturated rings. The summed E-state index contributed by atoms with van der Waals surface area (Å²) in [6, 6.07) is 5.02. The summed E-state index contributed by atoms with van der Waals surface area (Å²) in [6.45, 7) is 0.945. The quantitative estimate of drug-likeness (QED) is 0.0458. The summed E-state index contributed by atoms with van der Waals surface area (Å²) in [6.07, 6.45) is -0.887. The van der Waals surface area contributed by atoms with Crippen LogP contribution in [0.5, 0.6) is 11.5 Å². The van der Waals surface area contributed by atoms with Gasteiger partial charge in [-0.15, -0.1) is 0 Å². The summed E-state index contributed by atoms with van der Waals surface area (Å²) in [5.74, 6) is -0.822. The molecule has 0 saturated heterocycles. The van der Waals surface area contributed by atoms with E-state index in [0.29, 0.717) is 26.1 Å². The third-order valence-electron chi connectivity index (χ3n) is 9.75. The summed E-state index contributed by atoms with van der Waals surface area (Å²) in [7, 11) is -8.51. The number of Topliss-reactive ketones (excluding diaryl/α,β-unsaturated/α-hetero) is 1. The van der Waals surface area contributed by atoms with Crippen molar-refractivity contribution in [3.8, 4) is 11.5 Å². The van der Waals surface area contributed by atoms with E-state index < -0.39 is 77.9 Å². The van der Waals surface area contributed by atoms with Crippen molar-refractivity contribution in [3.05, 3.63) is 58.7 Å². The Labute approximate surface area is 316 Å². The number of ether oxygens (including phenoxy) is 2. The van der Waals surface area contributed by atoms with Crippen molar-refractivity contribution in [3.63, 3.8) is 0 Å². The van der Waals surface area contributed by atoms with Crippen molar-refractivity contribution >= 4 is 21.0 Å². The van der Waals surface area contributed by atoms with E-state index in [9.17, 15) is 64.1 Å². The van der Waals surface area contributed by atoms with Crippen LogP contribution in [-0.4, -0.2) is 130 Å². The van der Waals surface area contributed by atoms with Gasteiger partial charge in [0.25, 0.3) is 0 Å². The molecule has 2 aromatic rings. The van der Waals surface area contributed by atoms with E-state index in [1.807, 2.05) is 0 Å². The Balaban J connectivity index is 2.74. The molecule has 0 spiro atoms. The highest BCUT2D eigenvalue weighted by molar-refractivity contribution is 7.51. The molecule has 54 heavy (non-hydrogen) atoms. The number of methoxy groups -OCH3 is 1. The number of aliphatic hydroxyl groups excluding tert-OH is 4. The third-order valence-corrected chi connectivity index (χ3v) is 11.1. The molecule has 0 heterocycles. The fraction of sp³-hybridized carbons (Fsp3) is 0.629. The molecule has 0 bridgehead atoms. The average Bonchev–Trinajstić information content (AvgIpc) is 3.11. The predicted octanol–water partition coefficient (Wildman–Crippen LogP) is 2.44. The highest BCUT2D eigenvalue weighted by Crippen LogP contribution is 2.49. The Morgan fingerprint density at radius 2 is 1.31 bits per heavy atom. The maximum Gasteiger partial charge on any atom is 0.339 e. The molecular weight excluding hydrogens is 750 g/mol. The Hall–Kier alpha value is -2.31. The van der Waals surface area contributed by atoms with E-state index in [-0.39, 0.29) is 71.8 Å². The fourth-order valence-electron chi connectivity index (χ4n) is 6.90. The SMILES string of the molecule is COCCOCCC(=O)CCCCCC(CO)(C(CO)N(CP(=O)(O)O)C(C)c1cccc(CO)c1O)N(CP(=O)(O)O)C(C)c1cccc(CO)c1O. The number of aromatic hydroxyl groups is 2. The molecule has 0 aromatic heterocycles. The van der Waals surface area contributed by atoms with Gasteiger partial charge in [0.05, 0.1) is 57.8 Å². The molecule has 0 saturated carbocycles. The van der Waals surface area contributed by atoms with Crippen LogP contribution in [0.2, 0.25) is 0 Å². The minimum absolute atomic E-state index is 0.0587. The average molecular weight is 809 g/mol. The van der Waals surface area contributed by atoms with Crippen LogP contribution in [-0.2, 0) is 36.6 Å². The number of benzene rings is 2. The van der Waals surface area contributed by atoms with E-state index in [0.717, 1.165) is 4.90 Å². The van der Waals surface area contributed by atoms with Gasteiger partial charge in [-0.05, 0) is 26.7 Å². The van der Waals surface area contributed by atoms with Crippen LogP contribution >= 0.6 is 15.2 Å². The van der Waals surface area contributed by atoms with E-state index in [2.05, 4.69) is 0 Å². The summed E-state index contributed by atoms with van der Waals surface area (Å²) in [5.41, 5.74) is -1.51. The van der Waals surface area contributed by atoms with Gasteiger partial charge in [0.2, 0.25) is 0 Å². The lowest BCUT2D eigenvalue weighted by Crippen LogP contribution is -2.66. The standard InChI is InChI=1S/C35H58N2O15P2/c1-25(30-12-7-9-27(19-38)33(30)43)36(23-53(45,46)47)32(21-40)35(22-41,15-6-4-5-11-29(42)14-16-52-18-17-51-3)37(24-54(48,49)50)26(2)31-13-8-10-28(20-39)34(31)44/h7-10,12-13,25-26,32,38-41,43-44H,4-6,11,14-24H2,1-3H3,(H2,45,46,47)(H2,48,49,50). The molecule has 4 unspecified atom stereocenters. The monoisotopic (exact) mass is 808 g/mol. The van der Waals surface area contributed by atoms with Gasteiger partial charge in [0.1, 0.15) is 29.9 Å². The Kier molecular flexibility index (Phi) is 19.9. The number of para-hydroxylation sites is 2. The smallest absolute Gasteiger partial charge is 0.339 e. The molecule has 0 aliphatic carbocycles. The highest BCUT2D eigenvalue weighted by Gasteiger charge is 2.51. The number of aliphatic hydroxyl groups is 4. The second-order valence-electron chi connectivity index (χ2n) is 13.4. The lowest BCUT2D eigenvalue weighted by molar-refractivity contribution is -0.120. The molecule has 2 rings (SSSR count). The van der Waals surface area contributed by atoms with Crippen LogP contribution in [0.15, 0.2) is 36.4 Å². The molecule has 10 N–H and O–H groups in total. The van der Waals surface area contributed by atoms with Crippen molar-refractivity contribution in [1.82, 2.24) is 9.80 Å². The number of carbonyl (C=O) groups is 1. The lowest BCUT2D eigenvalue weighted by atomic mass is 9.80. The predicted molar refractivity (Wildman–Crippen MR) is 198 cm³/mol. The fourth-order valence-corrected chi connectivity index (χ4v) is 8.69. The summed E-state index contributed by atoms with van der Waals surface area (Å²) >= 11 is 0. The van der Waals surface area contributed by atoms with Gasteiger partial charge in [0.15, 0.2) is 0 Å². The number of ketones is 1. The summed E-state index contributed by atoms with van der Waals surface area (Å²) in [5, 5.41) is 64.5. The minimum Gasteiger partial charge on any atom is -0.507 e. The largest absolute Gasteiger partial charge is 0.507 e. The van der Waals surface area contributed by atoms with Crippen LogP contribution in [0.1, 0.15) is 86.7 Å². The number of nitrogens with zero attached hydrogens (tertiary/aromatic N) is 2. The van der Waals surface area contributed by atoms with Gasteiger partial charge in [0, 0.05) is 54.3 Å². The molecule has 19 heteroatoms. The number of carbonyl (C=O) groups excluding carboxylic acids is 1. The van der Waals surface area contributed by atoms with E-state index >= 15 is 0 Å². The second kappa shape index (κ2) is 22.4. The van der Waals surface area contributed by atoms with Gasteiger partial charge < -0.3 is 59.7 Å². The minimum atomic E-state index is -5.04. The zero-order valence-corrected chi connectivity index (χ0v) is 32.9. The molecule has 308 valence electrons. The van der Waals surface area contributed by atoms with Crippen molar-refractivity contribution < 1.29 is 73.6 Å². The van der Waals surface area contributed by atoms with Crippen molar-refractivity contribution in [1.29, 1.82) is 0 Å². The molecule has 0 aliphatic rings. The first-order valence-electron chi connectivity index (χ1n) is 17.7. The van der Waals surface area contributed by atoms with Crippen molar-refractivity contribution in [2.24, 2.45) is 0 Å². The number of hydrogen-bond acceptors (Lipinski definition) is 13.